The van der Waals surface area contributed by atoms with E-state index in [1.807, 2.05) is 78.9 Å². The summed E-state index contributed by atoms with van der Waals surface area (Å²) in [4.78, 5) is 6.83. The minimum absolute atomic E-state index is 0.192. The van der Waals surface area contributed by atoms with Gasteiger partial charge in [-0.1, -0.05) is 48.5 Å². The zero-order valence-corrected chi connectivity index (χ0v) is 19.4. The predicted octanol–water partition coefficient (Wildman–Crippen LogP) is 5.63. The lowest BCUT2D eigenvalue weighted by molar-refractivity contribution is 0.306. The van der Waals surface area contributed by atoms with Crippen LogP contribution in [0.2, 0.25) is 0 Å². The summed E-state index contributed by atoms with van der Waals surface area (Å²) in [6.07, 6.45) is 2.36. The maximum Gasteiger partial charge on any atom is 0.142 e. The molecule has 1 saturated heterocycles. The quantitative estimate of drug-likeness (QED) is 0.361. The van der Waals surface area contributed by atoms with Crippen molar-refractivity contribution in [2.45, 2.75) is 19.4 Å². The third kappa shape index (κ3) is 4.75. The minimum Gasteiger partial charge on any atom is -0.489 e. The Morgan fingerprint density at radius 1 is 0.886 bits per heavy atom. The van der Waals surface area contributed by atoms with Crippen LogP contribution in [0.25, 0.3) is 22.4 Å². The largest absolute Gasteiger partial charge is 0.489 e. The van der Waals surface area contributed by atoms with Gasteiger partial charge in [0.25, 0.3) is 0 Å². The fourth-order valence-corrected chi connectivity index (χ4v) is 4.51. The normalized spacial score (nSPS) is 12.9. The highest BCUT2D eigenvalue weighted by Gasteiger charge is 2.18. The van der Waals surface area contributed by atoms with Crippen molar-refractivity contribution in [2.24, 2.45) is 0 Å². The maximum absolute atomic E-state index is 9.81. The van der Waals surface area contributed by atoms with Crippen LogP contribution in [-0.2, 0) is 6.61 Å². The standard InChI is InChI=1S/C29H27N5O/c30-18-25-24(21-11-12-28(26(31)16-21)34-13-4-5-14-34)17-27(33-29(25)32)22-9-6-10-23(15-22)35-19-20-7-2-1-3-8-20/h1-3,6-12,15-17H,4-5,13-14,19,31H2,(H2,32,33). The first kappa shape index (κ1) is 22.3. The molecule has 4 aromatic rings. The molecule has 35 heavy (non-hydrogen) atoms. The summed E-state index contributed by atoms with van der Waals surface area (Å²) in [6, 6.07) is 27.8. The van der Waals surface area contributed by atoms with E-state index in [1.54, 1.807) is 0 Å². The Morgan fingerprint density at radius 3 is 2.43 bits per heavy atom. The van der Waals surface area contributed by atoms with Crippen LogP contribution in [0.15, 0.2) is 78.9 Å². The lowest BCUT2D eigenvalue weighted by Crippen LogP contribution is -2.18. The average Bonchev–Trinajstić information content (AvgIpc) is 3.42. The van der Waals surface area contributed by atoms with E-state index in [-0.39, 0.29) is 5.82 Å². The van der Waals surface area contributed by atoms with Gasteiger partial charge in [0.2, 0.25) is 0 Å². The van der Waals surface area contributed by atoms with E-state index in [4.69, 9.17) is 16.2 Å². The molecule has 0 spiro atoms. The Balaban J connectivity index is 1.47. The monoisotopic (exact) mass is 461 g/mol. The molecule has 1 aromatic heterocycles. The number of nitrogens with zero attached hydrogens (tertiary/aromatic N) is 3. The zero-order chi connectivity index (χ0) is 24.2. The summed E-state index contributed by atoms with van der Waals surface area (Å²) < 4.78 is 5.99. The topological polar surface area (TPSA) is 101 Å². The van der Waals surface area contributed by atoms with E-state index >= 15 is 0 Å². The van der Waals surface area contributed by atoms with Crippen molar-refractivity contribution in [2.75, 3.05) is 29.5 Å². The first-order valence-electron chi connectivity index (χ1n) is 11.7. The Bertz CT molecular complexity index is 1390. The third-order valence-corrected chi connectivity index (χ3v) is 6.32. The molecule has 1 aliphatic rings. The lowest BCUT2D eigenvalue weighted by atomic mass is 9.97. The van der Waals surface area contributed by atoms with E-state index in [9.17, 15) is 5.26 Å². The first-order valence-corrected chi connectivity index (χ1v) is 11.7. The summed E-state index contributed by atoms with van der Waals surface area (Å²) in [5.41, 5.74) is 18.9. The number of nitriles is 1. The number of nitrogens with two attached hydrogens (primary N) is 2. The van der Waals surface area contributed by atoms with Gasteiger partial charge >= 0.3 is 0 Å². The Kier molecular flexibility index (Phi) is 6.23. The first-order chi connectivity index (χ1) is 17.1. The summed E-state index contributed by atoms with van der Waals surface area (Å²) in [5, 5.41) is 9.81. The summed E-state index contributed by atoms with van der Waals surface area (Å²) in [7, 11) is 0. The highest BCUT2D eigenvalue weighted by Crippen LogP contribution is 2.36. The van der Waals surface area contributed by atoms with E-state index in [0.29, 0.717) is 29.1 Å². The SMILES string of the molecule is N#Cc1c(-c2ccc(N3CCCC3)c(N)c2)cc(-c2cccc(OCc3ccccc3)c2)nc1N. The maximum atomic E-state index is 9.81. The van der Waals surface area contributed by atoms with Crippen molar-refractivity contribution in [3.8, 4) is 34.2 Å². The molecule has 6 nitrogen and oxygen atoms in total. The molecule has 0 radical (unpaired) electrons. The molecule has 0 bridgehead atoms. The highest BCUT2D eigenvalue weighted by atomic mass is 16.5. The Labute approximate surface area is 205 Å². The second-order valence-electron chi connectivity index (χ2n) is 8.70. The molecule has 0 unspecified atom stereocenters. The summed E-state index contributed by atoms with van der Waals surface area (Å²) >= 11 is 0. The molecule has 5 rings (SSSR count). The number of anilines is 3. The molecule has 174 valence electrons. The molecule has 6 heteroatoms. The summed E-state index contributed by atoms with van der Waals surface area (Å²) in [5.74, 6) is 0.926. The third-order valence-electron chi connectivity index (χ3n) is 6.32. The van der Waals surface area contributed by atoms with Crippen LogP contribution in [0.1, 0.15) is 24.0 Å². The Hall–Kier alpha value is -4.50. The predicted molar refractivity (Wildman–Crippen MR) is 141 cm³/mol. The molecular weight excluding hydrogens is 434 g/mol. The second-order valence-corrected chi connectivity index (χ2v) is 8.70. The van der Waals surface area contributed by atoms with Crippen LogP contribution in [0, 0.1) is 11.3 Å². The molecule has 0 aliphatic carbocycles. The van der Waals surface area contributed by atoms with E-state index in [0.717, 1.165) is 41.2 Å². The molecule has 0 saturated carbocycles. The lowest BCUT2D eigenvalue weighted by Gasteiger charge is -2.20. The number of aromatic nitrogens is 1. The number of hydrogen-bond acceptors (Lipinski definition) is 6. The zero-order valence-electron chi connectivity index (χ0n) is 19.4. The van der Waals surface area contributed by atoms with Crippen molar-refractivity contribution in [1.29, 1.82) is 5.26 Å². The smallest absolute Gasteiger partial charge is 0.142 e. The Morgan fingerprint density at radius 2 is 1.69 bits per heavy atom. The second kappa shape index (κ2) is 9.78. The van der Waals surface area contributed by atoms with Crippen LogP contribution in [0.3, 0.4) is 0 Å². The van der Waals surface area contributed by atoms with Crippen molar-refractivity contribution < 1.29 is 4.74 Å². The molecule has 3 aromatic carbocycles. The molecular formula is C29H27N5O. The number of hydrogen-bond donors (Lipinski definition) is 2. The van der Waals surface area contributed by atoms with Gasteiger partial charge in [0.1, 0.15) is 29.8 Å². The highest BCUT2D eigenvalue weighted by molar-refractivity contribution is 5.84. The van der Waals surface area contributed by atoms with Gasteiger partial charge < -0.3 is 21.1 Å². The number of benzene rings is 3. The van der Waals surface area contributed by atoms with Crippen LogP contribution >= 0.6 is 0 Å². The van der Waals surface area contributed by atoms with Crippen molar-refractivity contribution in [3.05, 3.63) is 90.0 Å². The molecule has 1 aliphatic heterocycles. The molecule has 1 fully saturated rings. The number of ether oxygens (including phenoxy) is 1. The number of nitrogen functional groups attached to an aromatic ring is 2. The number of rotatable bonds is 6. The van der Waals surface area contributed by atoms with Gasteiger partial charge in [-0.25, -0.2) is 4.98 Å². The molecule has 0 atom stereocenters. The summed E-state index contributed by atoms with van der Waals surface area (Å²) in [6.45, 7) is 2.51. The molecule has 4 N–H and O–H groups in total. The van der Waals surface area contributed by atoms with Crippen LogP contribution in [0.5, 0.6) is 5.75 Å². The van der Waals surface area contributed by atoms with Crippen molar-refractivity contribution in [1.82, 2.24) is 4.98 Å². The van der Waals surface area contributed by atoms with E-state index in [1.165, 1.54) is 12.8 Å². The van der Waals surface area contributed by atoms with Gasteiger partial charge in [0, 0.05) is 24.2 Å². The van der Waals surface area contributed by atoms with Gasteiger partial charge in [-0.2, -0.15) is 5.26 Å². The average molecular weight is 462 g/mol. The van der Waals surface area contributed by atoms with Crippen LogP contribution in [0.4, 0.5) is 17.2 Å². The van der Waals surface area contributed by atoms with Gasteiger partial charge in [-0.3, -0.25) is 0 Å². The van der Waals surface area contributed by atoms with Gasteiger partial charge in [0.05, 0.1) is 17.1 Å². The molecule has 2 heterocycles. The van der Waals surface area contributed by atoms with Crippen LogP contribution < -0.4 is 21.1 Å². The van der Waals surface area contributed by atoms with Crippen LogP contribution in [-0.4, -0.2) is 18.1 Å². The fourth-order valence-electron chi connectivity index (χ4n) is 4.51. The van der Waals surface area contributed by atoms with Gasteiger partial charge in [0.15, 0.2) is 0 Å². The minimum atomic E-state index is 0.192. The number of pyridine rings is 1. The molecule has 0 amide bonds. The van der Waals surface area contributed by atoms with E-state index in [2.05, 4.69) is 16.0 Å². The van der Waals surface area contributed by atoms with Crippen molar-refractivity contribution >= 4 is 17.2 Å². The van der Waals surface area contributed by atoms with Gasteiger partial charge in [-0.05, 0) is 54.3 Å². The van der Waals surface area contributed by atoms with Crippen molar-refractivity contribution in [3.63, 3.8) is 0 Å². The fraction of sp³-hybridized carbons (Fsp3) is 0.172. The van der Waals surface area contributed by atoms with E-state index < -0.39 is 0 Å². The van der Waals surface area contributed by atoms with Gasteiger partial charge in [-0.15, -0.1) is 0 Å².